The Morgan fingerprint density at radius 2 is 1.74 bits per heavy atom. The lowest BCUT2D eigenvalue weighted by Gasteiger charge is -2.20. The summed E-state index contributed by atoms with van der Waals surface area (Å²) in [5.41, 5.74) is 8.62. The number of nitro groups is 1. The highest BCUT2D eigenvalue weighted by Gasteiger charge is 2.29. The van der Waals surface area contributed by atoms with Gasteiger partial charge < -0.3 is 10.6 Å². The topological polar surface area (TPSA) is 72.4 Å². The van der Waals surface area contributed by atoms with Gasteiger partial charge in [0.15, 0.2) is 0 Å². The summed E-state index contributed by atoms with van der Waals surface area (Å²) >= 11 is 1.44. The van der Waals surface area contributed by atoms with E-state index in [1.54, 1.807) is 6.92 Å². The van der Waals surface area contributed by atoms with E-state index < -0.39 is 6.04 Å². The third-order valence-corrected chi connectivity index (χ3v) is 5.23. The van der Waals surface area contributed by atoms with Gasteiger partial charge in [-0.2, -0.15) is 0 Å². The molecule has 0 saturated carbocycles. The molecule has 0 heterocycles. The molecule has 6 heteroatoms. The van der Waals surface area contributed by atoms with Crippen LogP contribution in [0.3, 0.4) is 0 Å². The molecule has 0 spiro atoms. The van der Waals surface area contributed by atoms with Crippen LogP contribution in [-0.2, 0) is 0 Å². The van der Waals surface area contributed by atoms with Crippen molar-refractivity contribution in [2.24, 2.45) is 0 Å². The molecule has 0 saturated heterocycles. The van der Waals surface area contributed by atoms with Crippen LogP contribution in [0.2, 0.25) is 0 Å². The molecular weight excluding hydrogens is 310 g/mol. The highest BCUT2D eigenvalue weighted by molar-refractivity contribution is 7.99. The van der Waals surface area contributed by atoms with Gasteiger partial charge in [-0.25, -0.2) is 0 Å². The lowest BCUT2D eigenvalue weighted by Crippen LogP contribution is -2.22. The van der Waals surface area contributed by atoms with Crippen molar-refractivity contribution in [2.75, 3.05) is 24.7 Å². The van der Waals surface area contributed by atoms with E-state index in [9.17, 15) is 10.1 Å². The maximum atomic E-state index is 11.3. The second kappa shape index (κ2) is 7.37. The van der Waals surface area contributed by atoms with Crippen molar-refractivity contribution in [3.05, 3.63) is 64.2 Å². The van der Waals surface area contributed by atoms with Crippen molar-refractivity contribution in [1.29, 1.82) is 0 Å². The molecule has 23 heavy (non-hydrogen) atoms. The maximum absolute atomic E-state index is 11.3. The molecule has 2 atom stereocenters. The molecule has 0 bridgehead atoms. The maximum Gasteiger partial charge on any atom is 0.226 e. The molecule has 0 amide bonds. The number of anilines is 2. The molecule has 0 unspecified atom stereocenters. The fourth-order valence-corrected chi connectivity index (χ4v) is 3.47. The van der Waals surface area contributed by atoms with Crippen LogP contribution in [0.1, 0.15) is 17.7 Å². The molecule has 0 aliphatic rings. The number of nitrogens with zero attached hydrogens (tertiary/aromatic N) is 2. The smallest absolute Gasteiger partial charge is 0.226 e. The molecule has 122 valence electrons. The van der Waals surface area contributed by atoms with Crippen molar-refractivity contribution in [2.45, 2.75) is 23.1 Å². The fraction of sp³-hybridized carbons (Fsp3) is 0.294. The number of hydrogen-bond donors (Lipinski definition) is 1. The molecule has 0 aliphatic heterocycles. The Bertz CT molecular complexity index is 674. The van der Waals surface area contributed by atoms with Crippen LogP contribution in [0, 0.1) is 10.1 Å². The standard InChI is InChI=1S/C17H21N3O2S/c1-12(20(21)22)17(23-16-7-5-4-6-15(16)18)13-8-10-14(11-9-13)19(2)3/h4-12,17H,18H2,1-3H3/t12-,17-/m1/s1. The average Bonchev–Trinajstić information content (AvgIpc) is 2.53. The Kier molecular flexibility index (Phi) is 5.50. The Balaban J connectivity index is 2.34. The summed E-state index contributed by atoms with van der Waals surface area (Å²) in [5, 5.41) is 11.0. The van der Waals surface area contributed by atoms with Crippen LogP contribution in [-0.4, -0.2) is 25.1 Å². The normalized spacial score (nSPS) is 13.3. The molecule has 0 aliphatic carbocycles. The summed E-state index contributed by atoms with van der Waals surface area (Å²) in [4.78, 5) is 13.9. The van der Waals surface area contributed by atoms with Gasteiger partial charge in [-0.1, -0.05) is 24.3 Å². The van der Waals surface area contributed by atoms with Crippen LogP contribution in [0.15, 0.2) is 53.4 Å². The van der Waals surface area contributed by atoms with E-state index in [1.165, 1.54) is 11.8 Å². The monoisotopic (exact) mass is 331 g/mol. The van der Waals surface area contributed by atoms with E-state index in [0.29, 0.717) is 5.69 Å². The van der Waals surface area contributed by atoms with Gasteiger partial charge in [0, 0.05) is 42.2 Å². The Labute approximate surface area is 140 Å². The van der Waals surface area contributed by atoms with Crippen molar-refractivity contribution < 1.29 is 4.92 Å². The first-order valence-corrected chi connectivity index (χ1v) is 8.20. The quantitative estimate of drug-likeness (QED) is 0.377. The summed E-state index contributed by atoms with van der Waals surface area (Å²) in [6.45, 7) is 1.64. The summed E-state index contributed by atoms with van der Waals surface area (Å²) in [6, 6.07) is 14.6. The number of para-hydroxylation sites is 1. The van der Waals surface area contributed by atoms with E-state index in [2.05, 4.69) is 0 Å². The zero-order valence-electron chi connectivity index (χ0n) is 13.5. The Hall–Kier alpha value is -2.21. The third-order valence-electron chi connectivity index (χ3n) is 3.68. The summed E-state index contributed by atoms with van der Waals surface area (Å²) in [5.74, 6) is 0. The minimum atomic E-state index is -0.718. The van der Waals surface area contributed by atoms with Gasteiger partial charge in [0.25, 0.3) is 0 Å². The number of nitrogens with two attached hydrogens (primary N) is 1. The first kappa shape index (κ1) is 17.1. The molecule has 2 rings (SSSR count). The molecule has 0 aromatic heterocycles. The van der Waals surface area contributed by atoms with Crippen LogP contribution >= 0.6 is 11.8 Å². The minimum Gasteiger partial charge on any atom is -0.398 e. The third kappa shape index (κ3) is 4.16. The summed E-state index contributed by atoms with van der Waals surface area (Å²) in [7, 11) is 3.93. The molecule has 2 aromatic rings. The zero-order valence-corrected chi connectivity index (χ0v) is 14.3. The molecule has 2 aromatic carbocycles. The molecule has 0 fully saturated rings. The van der Waals surface area contributed by atoms with Crippen molar-refractivity contribution in [3.8, 4) is 0 Å². The van der Waals surface area contributed by atoms with E-state index >= 15 is 0 Å². The van der Waals surface area contributed by atoms with Crippen molar-refractivity contribution in [3.63, 3.8) is 0 Å². The van der Waals surface area contributed by atoms with Crippen LogP contribution in [0.4, 0.5) is 11.4 Å². The first-order chi connectivity index (χ1) is 10.9. The van der Waals surface area contributed by atoms with E-state index in [0.717, 1.165) is 16.1 Å². The van der Waals surface area contributed by atoms with Crippen molar-refractivity contribution >= 4 is 23.1 Å². The van der Waals surface area contributed by atoms with E-state index in [-0.39, 0.29) is 10.2 Å². The van der Waals surface area contributed by atoms with Gasteiger partial charge in [-0.15, -0.1) is 11.8 Å². The van der Waals surface area contributed by atoms with Gasteiger partial charge in [-0.05, 0) is 29.8 Å². The lowest BCUT2D eigenvalue weighted by molar-refractivity contribution is -0.518. The van der Waals surface area contributed by atoms with Crippen molar-refractivity contribution in [1.82, 2.24) is 0 Å². The average molecular weight is 331 g/mol. The number of benzene rings is 2. The number of thioether (sulfide) groups is 1. The summed E-state index contributed by atoms with van der Waals surface area (Å²) in [6.07, 6.45) is 0. The lowest BCUT2D eigenvalue weighted by atomic mass is 10.1. The van der Waals surface area contributed by atoms with Gasteiger partial charge in [0.1, 0.15) is 5.25 Å². The number of rotatable bonds is 6. The van der Waals surface area contributed by atoms with Crippen LogP contribution in [0.25, 0.3) is 0 Å². The molecular formula is C17H21N3O2S. The molecule has 5 nitrogen and oxygen atoms in total. The highest BCUT2D eigenvalue weighted by atomic mass is 32.2. The van der Waals surface area contributed by atoms with Crippen LogP contribution < -0.4 is 10.6 Å². The van der Waals surface area contributed by atoms with Gasteiger partial charge >= 0.3 is 0 Å². The predicted octanol–water partition coefficient (Wildman–Crippen LogP) is 3.83. The second-order valence-corrected chi connectivity index (χ2v) is 6.77. The SMILES string of the molecule is C[C@H]([C@@H](Sc1ccccc1N)c1ccc(N(C)C)cc1)[N+](=O)[O-]. The highest BCUT2D eigenvalue weighted by Crippen LogP contribution is 2.41. The number of nitrogen functional groups attached to an aromatic ring is 1. The molecule has 0 radical (unpaired) electrons. The first-order valence-electron chi connectivity index (χ1n) is 7.32. The largest absolute Gasteiger partial charge is 0.398 e. The van der Waals surface area contributed by atoms with Gasteiger partial charge in [0.2, 0.25) is 6.04 Å². The summed E-state index contributed by atoms with van der Waals surface area (Å²) < 4.78 is 0. The van der Waals surface area contributed by atoms with E-state index in [4.69, 9.17) is 5.73 Å². The van der Waals surface area contributed by atoms with Crippen LogP contribution in [0.5, 0.6) is 0 Å². The Morgan fingerprint density at radius 3 is 2.26 bits per heavy atom. The predicted molar refractivity (Wildman–Crippen MR) is 96.7 cm³/mol. The Morgan fingerprint density at radius 1 is 1.13 bits per heavy atom. The van der Waals surface area contributed by atoms with Gasteiger partial charge in [0.05, 0.1) is 0 Å². The fourth-order valence-electron chi connectivity index (χ4n) is 2.24. The second-order valence-electron chi connectivity index (χ2n) is 5.59. The zero-order chi connectivity index (χ0) is 17.0. The minimum absolute atomic E-state index is 0.239. The van der Waals surface area contributed by atoms with Gasteiger partial charge in [-0.3, -0.25) is 10.1 Å². The molecule has 2 N–H and O–H groups in total. The van der Waals surface area contributed by atoms with E-state index in [1.807, 2.05) is 67.5 Å². The number of hydrogen-bond acceptors (Lipinski definition) is 5.